The van der Waals surface area contributed by atoms with Gasteiger partial charge in [0.15, 0.2) is 0 Å². The van der Waals surface area contributed by atoms with Crippen molar-refractivity contribution in [2.75, 3.05) is 13.2 Å². The van der Waals surface area contributed by atoms with E-state index in [-0.39, 0.29) is 17.1 Å². The van der Waals surface area contributed by atoms with Gasteiger partial charge < -0.3 is 4.74 Å². The van der Waals surface area contributed by atoms with Gasteiger partial charge in [0.2, 0.25) is 0 Å². The predicted molar refractivity (Wildman–Crippen MR) is 70.4 cm³/mol. The number of amides is 1. The van der Waals surface area contributed by atoms with E-state index in [1.54, 1.807) is 13.0 Å². The minimum atomic E-state index is -3.97. The van der Waals surface area contributed by atoms with E-state index in [1.165, 1.54) is 18.2 Å². The predicted octanol–water partition coefficient (Wildman–Crippen LogP) is 0.950. The fourth-order valence-corrected chi connectivity index (χ4v) is 3.27. The molecule has 1 aliphatic heterocycles. The molecule has 6 nitrogen and oxygen atoms in total. The number of esters is 1. The second-order valence-corrected chi connectivity index (χ2v) is 6.26. The van der Waals surface area contributed by atoms with Gasteiger partial charge in [-0.3, -0.25) is 9.59 Å². The summed E-state index contributed by atoms with van der Waals surface area (Å²) < 4.78 is 29.6. The van der Waals surface area contributed by atoms with Crippen molar-refractivity contribution in [3.05, 3.63) is 42.0 Å². The van der Waals surface area contributed by atoms with Crippen LogP contribution in [0, 0.1) is 0 Å². The topological polar surface area (TPSA) is 80.8 Å². The Hall–Kier alpha value is -2.15. The molecule has 0 radical (unpaired) electrons. The van der Waals surface area contributed by atoms with Crippen LogP contribution in [-0.4, -0.2) is 37.8 Å². The molecule has 1 heterocycles. The highest BCUT2D eigenvalue weighted by molar-refractivity contribution is 7.90. The normalized spacial score (nSPS) is 15.8. The Bertz CT molecular complexity index is 692. The quantitative estimate of drug-likeness (QED) is 0.610. The summed E-state index contributed by atoms with van der Waals surface area (Å²) in [5.41, 5.74) is 0.692. The van der Waals surface area contributed by atoms with E-state index < -0.39 is 28.4 Å². The molecule has 0 fully saturated rings. The first-order valence-electron chi connectivity index (χ1n) is 5.80. The van der Waals surface area contributed by atoms with Crippen LogP contribution < -0.4 is 0 Å². The van der Waals surface area contributed by atoms with Crippen LogP contribution >= 0.6 is 0 Å². The maximum absolute atomic E-state index is 12.1. The third-order valence-corrected chi connectivity index (χ3v) is 4.45. The molecule has 1 amide bonds. The van der Waals surface area contributed by atoms with E-state index in [2.05, 4.69) is 6.58 Å². The fourth-order valence-electron chi connectivity index (χ4n) is 1.75. The van der Waals surface area contributed by atoms with Crippen molar-refractivity contribution in [1.29, 1.82) is 0 Å². The van der Waals surface area contributed by atoms with Gasteiger partial charge in [0.1, 0.15) is 18.0 Å². The molecule has 20 heavy (non-hydrogen) atoms. The Morgan fingerprint density at radius 3 is 2.60 bits per heavy atom. The Morgan fingerprint density at radius 1 is 1.35 bits per heavy atom. The molecule has 0 bridgehead atoms. The Kier molecular flexibility index (Phi) is 3.63. The summed E-state index contributed by atoms with van der Waals surface area (Å²) in [7, 11) is -3.97. The van der Waals surface area contributed by atoms with Crippen molar-refractivity contribution < 1.29 is 22.7 Å². The highest BCUT2D eigenvalue weighted by atomic mass is 32.2. The Morgan fingerprint density at radius 2 is 2.00 bits per heavy atom. The van der Waals surface area contributed by atoms with Crippen LogP contribution in [0.5, 0.6) is 0 Å². The van der Waals surface area contributed by atoms with E-state index >= 15 is 0 Å². The summed E-state index contributed by atoms with van der Waals surface area (Å²) >= 11 is 0. The average Bonchev–Trinajstić information content (AvgIpc) is 2.58. The molecule has 0 saturated carbocycles. The molecule has 7 heteroatoms. The second kappa shape index (κ2) is 5.09. The second-order valence-electron chi connectivity index (χ2n) is 4.43. The van der Waals surface area contributed by atoms with Crippen molar-refractivity contribution in [2.24, 2.45) is 0 Å². The van der Waals surface area contributed by atoms with Crippen LogP contribution in [0.15, 0.2) is 41.3 Å². The lowest BCUT2D eigenvalue weighted by molar-refractivity contribution is -0.142. The number of hydrogen-bond donors (Lipinski definition) is 0. The SMILES string of the molecule is C=C(C)COC(=O)CN1C(=O)c2ccccc2S1(=O)=O. The van der Waals surface area contributed by atoms with E-state index in [0.717, 1.165) is 0 Å². The fraction of sp³-hybridized carbons (Fsp3) is 0.231. The molecular weight excluding hydrogens is 282 g/mol. The first-order valence-corrected chi connectivity index (χ1v) is 7.24. The molecule has 0 N–H and O–H groups in total. The van der Waals surface area contributed by atoms with Crippen LogP contribution in [0.4, 0.5) is 0 Å². The van der Waals surface area contributed by atoms with Gasteiger partial charge in [-0.1, -0.05) is 18.7 Å². The number of nitrogens with zero attached hydrogens (tertiary/aromatic N) is 1. The number of benzene rings is 1. The summed E-state index contributed by atoms with van der Waals surface area (Å²) in [6.07, 6.45) is 0. The van der Waals surface area contributed by atoms with E-state index in [1.807, 2.05) is 0 Å². The molecular formula is C13H13NO5S. The van der Waals surface area contributed by atoms with Gasteiger partial charge in [-0.25, -0.2) is 12.7 Å². The van der Waals surface area contributed by atoms with Crippen LogP contribution in [0.2, 0.25) is 0 Å². The maximum atomic E-state index is 12.1. The van der Waals surface area contributed by atoms with Crippen molar-refractivity contribution in [3.63, 3.8) is 0 Å². The number of hydrogen-bond acceptors (Lipinski definition) is 5. The van der Waals surface area contributed by atoms with Crippen molar-refractivity contribution in [3.8, 4) is 0 Å². The molecule has 0 aromatic heterocycles. The van der Waals surface area contributed by atoms with Crippen LogP contribution in [0.3, 0.4) is 0 Å². The van der Waals surface area contributed by atoms with E-state index in [4.69, 9.17) is 4.74 Å². The zero-order valence-corrected chi connectivity index (χ0v) is 11.6. The first-order chi connectivity index (χ1) is 9.34. The largest absolute Gasteiger partial charge is 0.460 e. The Labute approximate surface area is 116 Å². The maximum Gasteiger partial charge on any atom is 0.327 e. The van der Waals surface area contributed by atoms with Crippen LogP contribution in [-0.2, 0) is 19.6 Å². The minimum absolute atomic E-state index is 0.00609. The minimum Gasteiger partial charge on any atom is -0.460 e. The van der Waals surface area contributed by atoms with Crippen molar-refractivity contribution in [1.82, 2.24) is 4.31 Å². The van der Waals surface area contributed by atoms with Gasteiger partial charge in [-0.15, -0.1) is 0 Å². The Balaban J connectivity index is 2.21. The number of fused-ring (bicyclic) bond motifs is 1. The summed E-state index contributed by atoms with van der Waals surface area (Å²) in [6, 6.07) is 5.83. The number of carbonyl (C=O) groups is 2. The standard InChI is InChI=1S/C13H13NO5S/c1-9(2)8-19-12(15)7-14-13(16)10-5-3-4-6-11(10)20(14,17)18/h3-6H,1,7-8H2,2H3. The zero-order chi connectivity index (χ0) is 14.9. The lowest BCUT2D eigenvalue weighted by Gasteiger charge is -2.14. The molecule has 1 aliphatic rings. The molecule has 0 unspecified atom stereocenters. The summed E-state index contributed by atoms with van der Waals surface area (Å²) in [6.45, 7) is 4.58. The third kappa shape index (κ3) is 2.44. The lowest BCUT2D eigenvalue weighted by atomic mass is 10.2. The molecule has 0 atom stereocenters. The van der Waals surface area contributed by atoms with E-state index in [0.29, 0.717) is 9.88 Å². The van der Waals surface area contributed by atoms with Gasteiger partial charge in [0.25, 0.3) is 15.9 Å². The lowest BCUT2D eigenvalue weighted by Crippen LogP contribution is -2.35. The van der Waals surface area contributed by atoms with E-state index in [9.17, 15) is 18.0 Å². The van der Waals surface area contributed by atoms with Crippen LogP contribution in [0.25, 0.3) is 0 Å². The van der Waals surface area contributed by atoms with Gasteiger partial charge >= 0.3 is 5.97 Å². The van der Waals surface area contributed by atoms with Gasteiger partial charge in [0, 0.05) is 0 Å². The smallest absolute Gasteiger partial charge is 0.327 e. The number of carbonyl (C=O) groups excluding carboxylic acids is 2. The molecule has 0 spiro atoms. The van der Waals surface area contributed by atoms with Gasteiger partial charge in [0.05, 0.1) is 5.56 Å². The van der Waals surface area contributed by atoms with Crippen LogP contribution in [0.1, 0.15) is 17.3 Å². The average molecular weight is 295 g/mol. The van der Waals surface area contributed by atoms with Gasteiger partial charge in [-0.2, -0.15) is 0 Å². The monoisotopic (exact) mass is 295 g/mol. The molecule has 0 saturated heterocycles. The summed E-state index contributed by atoms with van der Waals surface area (Å²) in [4.78, 5) is 23.5. The van der Waals surface area contributed by atoms with Gasteiger partial charge in [-0.05, 0) is 24.6 Å². The third-order valence-electron chi connectivity index (χ3n) is 2.66. The molecule has 106 valence electrons. The van der Waals surface area contributed by atoms with Crippen molar-refractivity contribution >= 4 is 21.9 Å². The summed E-state index contributed by atoms with van der Waals surface area (Å²) in [5.74, 6) is -1.51. The molecule has 0 aliphatic carbocycles. The number of ether oxygens (including phenoxy) is 1. The molecule has 2 rings (SSSR count). The zero-order valence-electron chi connectivity index (χ0n) is 10.8. The summed E-state index contributed by atoms with van der Waals surface area (Å²) in [5, 5.41) is 0. The number of rotatable bonds is 4. The highest BCUT2D eigenvalue weighted by Gasteiger charge is 2.42. The first kappa shape index (κ1) is 14.3. The molecule has 1 aromatic rings. The molecule has 1 aromatic carbocycles. The van der Waals surface area contributed by atoms with Crippen molar-refractivity contribution in [2.45, 2.75) is 11.8 Å². The highest BCUT2D eigenvalue weighted by Crippen LogP contribution is 2.29. The number of sulfonamides is 1.